The van der Waals surface area contributed by atoms with E-state index < -0.39 is 0 Å². The predicted octanol–water partition coefficient (Wildman–Crippen LogP) is 9.40. The highest BCUT2D eigenvalue weighted by Gasteiger charge is 2.19. The largest absolute Gasteiger partial charge is 0.268 e. The highest BCUT2D eigenvalue weighted by molar-refractivity contribution is 6.20. The smallest absolute Gasteiger partial charge is 0.264 e. The molecule has 0 bridgehead atoms. The zero-order chi connectivity index (χ0) is 27.9. The van der Waals surface area contributed by atoms with E-state index in [9.17, 15) is 4.79 Å². The van der Waals surface area contributed by atoms with Crippen LogP contribution in [0.2, 0.25) is 0 Å². The molecule has 0 amide bonds. The van der Waals surface area contributed by atoms with Crippen LogP contribution in [0.25, 0.3) is 71.6 Å². The van der Waals surface area contributed by atoms with Gasteiger partial charge < -0.3 is 0 Å². The van der Waals surface area contributed by atoms with Gasteiger partial charge in [-0.05, 0) is 69.1 Å². The molecular weight excluding hydrogens is 500 g/mol. The van der Waals surface area contributed by atoms with Crippen molar-refractivity contribution in [3.05, 3.63) is 157 Å². The minimum absolute atomic E-state index is 0.0412. The van der Waals surface area contributed by atoms with Gasteiger partial charge in [0.2, 0.25) is 0 Å². The molecular formula is C38H26N2O. The first-order chi connectivity index (χ1) is 20.3. The Bertz CT molecular complexity index is 2240. The fourth-order valence-electron chi connectivity index (χ4n) is 5.90. The van der Waals surface area contributed by atoms with Crippen LogP contribution in [-0.4, -0.2) is 9.38 Å². The minimum Gasteiger partial charge on any atom is -0.268 e. The maximum Gasteiger partial charge on any atom is 0.264 e. The lowest BCUT2D eigenvalue weighted by molar-refractivity contribution is 1.19. The summed E-state index contributed by atoms with van der Waals surface area (Å²) in [5.74, 6) is 0. The summed E-state index contributed by atoms with van der Waals surface area (Å²) in [6, 6.07) is 45.7. The van der Waals surface area contributed by atoms with Gasteiger partial charge in [0.1, 0.15) is 5.65 Å². The quantitative estimate of drug-likeness (QED) is 0.215. The van der Waals surface area contributed by atoms with E-state index in [4.69, 9.17) is 4.98 Å². The molecule has 41 heavy (non-hydrogen) atoms. The number of aromatic nitrogens is 2. The average molecular weight is 527 g/mol. The summed E-state index contributed by atoms with van der Waals surface area (Å²) in [4.78, 5) is 19.3. The van der Waals surface area contributed by atoms with Crippen molar-refractivity contribution in [1.29, 1.82) is 0 Å². The minimum atomic E-state index is -0.0412. The zero-order valence-electron chi connectivity index (χ0n) is 22.4. The van der Waals surface area contributed by atoms with Gasteiger partial charge in [0, 0.05) is 16.2 Å². The highest BCUT2D eigenvalue weighted by Crippen LogP contribution is 2.39. The molecule has 3 heteroatoms. The van der Waals surface area contributed by atoms with Crippen molar-refractivity contribution in [2.75, 3.05) is 0 Å². The van der Waals surface area contributed by atoms with Crippen LogP contribution in [0.1, 0.15) is 0 Å². The van der Waals surface area contributed by atoms with Crippen LogP contribution < -0.4 is 5.56 Å². The van der Waals surface area contributed by atoms with Gasteiger partial charge in [0.05, 0.1) is 11.0 Å². The zero-order valence-corrected chi connectivity index (χ0v) is 22.4. The van der Waals surface area contributed by atoms with E-state index in [1.165, 1.54) is 0 Å². The summed E-state index contributed by atoms with van der Waals surface area (Å²) in [6.07, 6.45) is 0. The third-order valence-electron chi connectivity index (χ3n) is 7.74. The molecule has 8 aromatic rings. The molecule has 8 rings (SSSR count). The first-order valence-corrected chi connectivity index (χ1v) is 13.6. The molecule has 3 nitrogen and oxygen atoms in total. The van der Waals surface area contributed by atoms with E-state index in [0.717, 1.165) is 60.6 Å². The van der Waals surface area contributed by atoms with Gasteiger partial charge in [0.25, 0.3) is 5.56 Å². The van der Waals surface area contributed by atoms with Crippen molar-refractivity contribution >= 4 is 38.2 Å². The van der Waals surface area contributed by atoms with Crippen LogP contribution in [0, 0.1) is 0 Å². The van der Waals surface area contributed by atoms with E-state index >= 15 is 0 Å². The third kappa shape index (κ3) is 3.90. The van der Waals surface area contributed by atoms with E-state index in [1.54, 1.807) is 4.40 Å². The third-order valence-corrected chi connectivity index (χ3v) is 7.74. The van der Waals surface area contributed by atoms with Crippen LogP contribution in [0.5, 0.6) is 0 Å². The Labute approximate surface area is 237 Å². The predicted molar refractivity (Wildman–Crippen MR) is 173 cm³/mol. The SMILES string of the molecule is C=C.O=c1c2cc(-c3ccccc3)cc3c(-c4ccccc4)ccc(c32)c2nc3cc(-c4ccccc4)ccc3n12. The van der Waals surface area contributed by atoms with Crippen molar-refractivity contribution in [2.45, 2.75) is 0 Å². The lowest BCUT2D eigenvalue weighted by Crippen LogP contribution is -2.13. The standard InChI is InChI=1S/C36H22N2O.C2H4/c39-36-31-21-27(24-12-6-2-7-13-24)20-30-28(25-14-8-3-9-15-25)17-18-29(34(30)31)35-37-32-22-26(16-19-33(32)38(35)36)23-10-4-1-5-11-23;1-2/h1-22H;1-2H2. The number of pyridine rings is 1. The van der Waals surface area contributed by atoms with Crippen molar-refractivity contribution in [1.82, 2.24) is 9.38 Å². The summed E-state index contributed by atoms with van der Waals surface area (Å²) in [6.45, 7) is 6.00. The summed E-state index contributed by atoms with van der Waals surface area (Å²) in [7, 11) is 0. The molecule has 0 spiro atoms. The Morgan fingerprint density at radius 3 is 1.76 bits per heavy atom. The van der Waals surface area contributed by atoms with Crippen LogP contribution in [0.15, 0.2) is 151 Å². The van der Waals surface area contributed by atoms with E-state index in [-0.39, 0.29) is 5.56 Å². The molecule has 0 saturated carbocycles. The number of hydrogen-bond donors (Lipinski definition) is 0. The van der Waals surface area contributed by atoms with Gasteiger partial charge in [0.15, 0.2) is 0 Å². The average Bonchev–Trinajstić information content (AvgIpc) is 3.44. The molecule has 0 radical (unpaired) electrons. The van der Waals surface area contributed by atoms with E-state index in [0.29, 0.717) is 11.0 Å². The summed E-state index contributed by atoms with van der Waals surface area (Å²) >= 11 is 0. The fraction of sp³-hybridized carbons (Fsp3) is 0. The second-order valence-corrected chi connectivity index (χ2v) is 9.98. The first kappa shape index (κ1) is 24.5. The molecule has 2 heterocycles. The molecule has 0 atom stereocenters. The summed E-state index contributed by atoms with van der Waals surface area (Å²) in [5.41, 5.74) is 8.85. The Hall–Kier alpha value is -5.54. The second-order valence-electron chi connectivity index (χ2n) is 9.98. The molecule has 0 saturated heterocycles. The molecule has 0 aliphatic carbocycles. The molecule has 0 N–H and O–H groups in total. The van der Waals surface area contributed by atoms with Crippen molar-refractivity contribution in [2.24, 2.45) is 0 Å². The number of benzene rings is 6. The van der Waals surface area contributed by atoms with Crippen LogP contribution in [0.3, 0.4) is 0 Å². The van der Waals surface area contributed by atoms with Crippen molar-refractivity contribution < 1.29 is 0 Å². The monoisotopic (exact) mass is 526 g/mol. The molecule has 0 fully saturated rings. The van der Waals surface area contributed by atoms with Gasteiger partial charge in [-0.25, -0.2) is 4.98 Å². The molecule has 0 aliphatic rings. The normalized spacial score (nSPS) is 11.2. The molecule has 2 aromatic heterocycles. The maximum absolute atomic E-state index is 14.3. The Morgan fingerprint density at radius 2 is 1.10 bits per heavy atom. The summed E-state index contributed by atoms with van der Waals surface area (Å²) < 4.78 is 1.79. The van der Waals surface area contributed by atoms with Gasteiger partial charge in [-0.1, -0.05) is 103 Å². The van der Waals surface area contributed by atoms with Gasteiger partial charge in [-0.15, -0.1) is 13.2 Å². The maximum atomic E-state index is 14.3. The fourth-order valence-corrected chi connectivity index (χ4v) is 5.90. The first-order valence-electron chi connectivity index (χ1n) is 13.6. The summed E-state index contributed by atoms with van der Waals surface area (Å²) in [5, 5.41) is 3.72. The number of nitrogens with zero attached hydrogens (tertiary/aromatic N) is 2. The lowest BCUT2D eigenvalue weighted by Gasteiger charge is -2.14. The van der Waals surface area contributed by atoms with Gasteiger partial charge in [-0.3, -0.25) is 9.20 Å². The van der Waals surface area contributed by atoms with Crippen LogP contribution in [-0.2, 0) is 0 Å². The number of imidazole rings is 1. The number of hydrogen-bond acceptors (Lipinski definition) is 2. The van der Waals surface area contributed by atoms with Gasteiger partial charge >= 0.3 is 0 Å². The highest BCUT2D eigenvalue weighted by atomic mass is 16.1. The molecule has 0 aliphatic heterocycles. The van der Waals surface area contributed by atoms with Gasteiger partial charge in [-0.2, -0.15) is 0 Å². The second kappa shape index (κ2) is 9.89. The Balaban J connectivity index is 0.00000135. The Morgan fingerprint density at radius 1 is 0.512 bits per heavy atom. The van der Waals surface area contributed by atoms with Crippen molar-refractivity contribution in [3.8, 4) is 33.4 Å². The Kier molecular flexibility index (Phi) is 5.91. The van der Waals surface area contributed by atoms with Crippen LogP contribution >= 0.6 is 0 Å². The molecule has 6 aromatic carbocycles. The van der Waals surface area contributed by atoms with E-state index in [2.05, 4.69) is 92.0 Å². The van der Waals surface area contributed by atoms with E-state index in [1.807, 2.05) is 54.6 Å². The number of rotatable bonds is 3. The van der Waals surface area contributed by atoms with Crippen LogP contribution in [0.4, 0.5) is 0 Å². The number of fused-ring (bicyclic) bond motifs is 4. The van der Waals surface area contributed by atoms with Crippen molar-refractivity contribution in [3.63, 3.8) is 0 Å². The molecule has 194 valence electrons. The lowest BCUT2D eigenvalue weighted by atomic mass is 9.91. The topological polar surface area (TPSA) is 34.4 Å². The molecule has 0 unspecified atom stereocenters.